The van der Waals surface area contributed by atoms with Gasteiger partial charge in [-0.05, 0) is 65.7 Å². The third kappa shape index (κ3) is 5.40. The van der Waals surface area contributed by atoms with E-state index >= 15 is 0 Å². The standard InChI is InChI=1S/C25H22N4O3/c1-31-21-13-9-20(10-14-21)23-15-24(28-27-23)25(30)29-26-16-18-7-11-22(12-8-18)32-17-19-5-3-2-4-6-19/h2-16H,17H2,1H3,(H,27,28)(H,29,30)/b26-16+. The van der Waals surface area contributed by atoms with Crippen LogP contribution in [0.3, 0.4) is 0 Å². The Balaban J connectivity index is 1.30. The molecule has 0 saturated carbocycles. The van der Waals surface area contributed by atoms with Crippen molar-refractivity contribution in [2.45, 2.75) is 6.61 Å². The van der Waals surface area contributed by atoms with Gasteiger partial charge in [0, 0.05) is 5.56 Å². The van der Waals surface area contributed by atoms with Crippen molar-refractivity contribution >= 4 is 12.1 Å². The average Bonchev–Trinajstić information content (AvgIpc) is 3.35. The summed E-state index contributed by atoms with van der Waals surface area (Å²) in [5.41, 5.74) is 6.29. The van der Waals surface area contributed by atoms with Crippen LogP contribution in [0, 0.1) is 0 Å². The van der Waals surface area contributed by atoms with Gasteiger partial charge in [0.1, 0.15) is 23.8 Å². The first-order valence-electron chi connectivity index (χ1n) is 10.0. The lowest BCUT2D eigenvalue weighted by atomic mass is 10.1. The van der Waals surface area contributed by atoms with Crippen molar-refractivity contribution in [3.63, 3.8) is 0 Å². The van der Waals surface area contributed by atoms with Gasteiger partial charge in [0.25, 0.3) is 5.91 Å². The quantitative estimate of drug-likeness (QED) is 0.322. The van der Waals surface area contributed by atoms with Gasteiger partial charge in [-0.3, -0.25) is 9.89 Å². The molecule has 1 heterocycles. The van der Waals surface area contributed by atoms with Gasteiger partial charge in [-0.15, -0.1) is 0 Å². The predicted molar refractivity (Wildman–Crippen MR) is 123 cm³/mol. The number of aromatic nitrogens is 2. The summed E-state index contributed by atoms with van der Waals surface area (Å²) in [5.74, 6) is 1.14. The fraction of sp³-hybridized carbons (Fsp3) is 0.0800. The lowest BCUT2D eigenvalue weighted by Crippen LogP contribution is -2.17. The fourth-order valence-corrected chi connectivity index (χ4v) is 2.96. The van der Waals surface area contributed by atoms with Gasteiger partial charge >= 0.3 is 0 Å². The molecular weight excluding hydrogens is 404 g/mol. The van der Waals surface area contributed by atoms with Crippen LogP contribution in [-0.2, 0) is 6.61 Å². The molecule has 0 bridgehead atoms. The maximum absolute atomic E-state index is 12.3. The Labute approximate surface area is 185 Å². The number of nitrogens with zero attached hydrogens (tertiary/aromatic N) is 2. The summed E-state index contributed by atoms with van der Waals surface area (Å²) in [4.78, 5) is 12.3. The maximum atomic E-state index is 12.3. The van der Waals surface area contributed by atoms with Crippen LogP contribution >= 0.6 is 0 Å². The van der Waals surface area contributed by atoms with Gasteiger partial charge in [0.05, 0.1) is 19.0 Å². The van der Waals surface area contributed by atoms with Crippen LogP contribution in [0.1, 0.15) is 21.6 Å². The molecule has 0 aliphatic heterocycles. The van der Waals surface area contributed by atoms with E-state index < -0.39 is 0 Å². The van der Waals surface area contributed by atoms with Crippen molar-refractivity contribution in [1.29, 1.82) is 0 Å². The number of rotatable bonds is 8. The van der Waals surface area contributed by atoms with Gasteiger partial charge in [-0.2, -0.15) is 10.2 Å². The number of hydrogen-bond acceptors (Lipinski definition) is 5. The minimum atomic E-state index is -0.378. The lowest BCUT2D eigenvalue weighted by Gasteiger charge is -2.06. The summed E-state index contributed by atoms with van der Waals surface area (Å²) in [6.07, 6.45) is 1.57. The van der Waals surface area contributed by atoms with E-state index in [1.807, 2.05) is 78.9 Å². The molecular formula is C25H22N4O3. The van der Waals surface area contributed by atoms with E-state index in [2.05, 4.69) is 20.7 Å². The summed E-state index contributed by atoms with van der Waals surface area (Å²) < 4.78 is 10.9. The van der Waals surface area contributed by atoms with E-state index in [0.29, 0.717) is 18.0 Å². The fourth-order valence-electron chi connectivity index (χ4n) is 2.96. The topological polar surface area (TPSA) is 88.6 Å². The Bertz CT molecular complexity index is 1180. The Kier molecular flexibility index (Phi) is 6.57. The highest BCUT2D eigenvalue weighted by atomic mass is 16.5. The zero-order chi connectivity index (χ0) is 22.2. The molecule has 4 rings (SSSR count). The van der Waals surface area contributed by atoms with Crippen LogP contribution < -0.4 is 14.9 Å². The summed E-state index contributed by atoms with van der Waals surface area (Å²) in [7, 11) is 1.61. The molecule has 0 unspecified atom stereocenters. The highest BCUT2D eigenvalue weighted by Crippen LogP contribution is 2.21. The number of carbonyl (C=O) groups excluding carboxylic acids is 1. The number of H-pyrrole nitrogens is 1. The molecule has 0 atom stereocenters. The second kappa shape index (κ2) is 10.1. The van der Waals surface area contributed by atoms with Crippen LogP contribution in [0.15, 0.2) is 90.0 Å². The smallest absolute Gasteiger partial charge is 0.289 e. The zero-order valence-electron chi connectivity index (χ0n) is 17.5. The van der Waals surface area contributed by atoms with Crippen LogP contribution in [0.4, 0.5) is 0 Å². The molecule has 3 aromatic carbocycles. The van der Waals surface area contributed by atoms with Crippen molar-refractivity contribution in [2.24, 2.45) is 5.10 Å². The van der Waals surface area contributed by atoms with Crippen LogP contribution in [0.25, 0.3) is 11.3 Å². The molecule has 1 amide bonds. The van der Waals surface area contributed by atoms with Crippen LogP contribution in [-0.4, -0.2) is 29.4 Å². The Morgan fingerprint density at radius 2 is 1.72 bits per heavy atom. The van der Waals surface area contributed by atoms with Crippen molar-refractivity contribution in [3.8, 4) is 22.8 Å². The number of hydrogen-bond donors (Lipinski definition) is 2. The van der Waals surface area contributed by atoms with Crippen molar-refractivity contribution in [1.82, 2.24) is 15.6 Å². The molecule has 0 aliphatic carbocycles. The first-order chi connectivity index (χ1) is 15.7. The van der Waals surface area contributed by atoms with Gasteiger partial charge in [0.2, 0.25) is 0 Å². The Morgan fingerprint density at radius 1 is 1.00 bits per heavy atom. The molecule has 0 spiro atoms. The van der Waals surface area contributed by atoms with E-state index in [1.165, 1.54) is 0 Å². The number of methoxy groups -OCH3 is 1. The third-order valence-electron chi connectivity index (χ3n) is 4.72. The summed E-state index contributed by atoms with van der Waals surface area (Å²) in [6.45, 7) is 0.507. The molecule has 1 aromatic heterocycles. The van der Waals surface area contributed by atoms with E-state index in [4.69, 9.17) is 9.47 Å². The number of amides is 1. The zero-order valence-corrected chi connectivity index (χ0v) is 17.5. The number of carbonyl (C=O) groups is 1. The molecule has 2 N–H and O–H groups in total. The minimum absolute atomic E-state index is 0.317. The van der Waals surface area contributed by atoms with E-state index in [0.717, 1.165) is 28.2 Å². The molecule has 7 nitrogen and oxygen atoms in total. The van der Waals surface area contributed by atoms with Crippen molar-refractivity contribution < 1.29 is 14.3 Å². The normalized spacial score (nSPS) is 10.8. The average molecular weight is 426 g/mol. The second-order valence-electron chi connectivity index (χ2n) is 6.94. The largest absolute Gasteiger partial charge is 0.497 e. The highest BCUT2D eigenvalue weighted by molar-refractivity contribution is 5.94. The Hall–Kier alpha value is -4.39. The van der Waals surface area contributed by atoms with Crippen molar-refractivity contribution in [2.75, 3.05) is 7.11 Å². The van der Waals surface area contributed by atoms with Gasteiger partial charge in [0.15, 0.2) is 0 Å². The number of ether oxygens (including phenoxy) is 2. The van der Waals surface area contributed by atoms with Crippen LogP contribution in [0.2, 0.25) is 0 Å². The minimum Gasteiger partial charge on any atom is -0.497 e. The summed E-state index contributed by atoms with van der Waals surface area (Å²) >= 11 is 0. The molecule has 0 radical (unpaired) electrons. The molecule has 7 heteroatoms. The van der Waals surface area contributed by atoms with E-state index in [-0.39, 0.29) is 5.91 Å². The molecule has 4 aromatic rings. The van der Waals surface area contributed by atoms with E-state index in [1.54, 1.807) is 19.4 Å². The molecule has 0 saturated heterocycles. The predicted octanol–water partition coefficient (Wildman–Crippen LogP) is 4.43. The van der Waals surface area contributed by atoms with E-state index in [9.17, 15) is 4.79 Å². The molecule has 0 fully saturated rings. The van der Waals surface area contributed by atoms with Gasteiger partial charge in [-0.25, -0.2) is 5.43 Å². The third-order valence-corrected chi connectivity index (χ3v) is 4.72. The summed E-state index contributed by atoms with van der Waals surface area (Å²) in [5, 5.41) is 10.9. The Morgan fingerprint density at radius 3 is 2.44 bits per heavy atom. The number of hydrazone groups is 1. The number of benzene rings is 3. The summed E-state index contributed by atoms with van der Waals surface area (Å²) in [6, 6.07) is 26.5. The first kappa shape index (κ1) is 20.9. The maximum Gasteiger partial charge on any atom is 0.289 e. The molecule has 32 heavy (non-hydrogen) atoms. The van der Waals surface area contributed by atoms with Crippen LogP contribution in [0.5, 0.6) is 11.5 Å². The first-order valence-corrected chi connectivity index (χ1v) is 10.0. The SMILES string of the molecule is COc1ccc(-c2cc(C(=O)N/N=C/c3ccc(OCc4ccccc4)cc3)[nH]n2)cc1. The monoisotopic (exact) mass is 426 g/mol. The van der Waals surface area contributed by atoms with Crippen molar-refractivity contribution in [3.05, 3.63) is 102 Å². The molecule has 160 valence electrons. The number of nitrogens with one attached hydrogen (secondary N) is 2. The van der Waals surface area contributed by atoms with Gasteiger partial charge in [-0.1, -0.05) is 30.3 Å². The second-order valence-corrected chi connectivity index (χ2v) is 6.94. The highest BCUT2D eigenvalue weighted by Gasteiger charge is 2.10. The number of aromatic amines is 1. The van der Waals surface area contributed by atoms with Gasteiger partial charge < -0.3 is 9.47 Å². The lowest BCUT2D eigenvalue weighted by molar-refractivity contribution is 0.0950. The molecule has 0 aliphatic rings.